The molecule has 0 fully saturated rings. The highest BCUT2D eigenvalue weighted by Crippen LogP contribution is 2.28. The molecular weight excluding hydrogens is 470 g/mol. The van der Waals surface area contributed by atoms with Crippen LogP contribution in [-0.2, 0) is 11.3 Å². The van der Waals surface area contributed by atoms with Crippen LogP contribution in [0.4, 0.5) is 0 Å². The molecule has 1 aromatic carbocycles. The lowest BCUT2D eigenvalue weighted by Crippen LogP contribution is -2.36. The summed E-state index contributed by atoms with van der Waals surface area (Å²) < 4.78 is 0.868. The monoisotopic (exact) mass is 483 g/mol. The normalized spacial score (nSPS) is 10.6. The van der Waals surface area contributed by atoms with Gasteiger partial charge in [0.05, 0.1) is 27.4 Å². The average Bonchev–Trinajstić information content (AvgIpc) is 3.24. The minimum atomic E-state index is -0.268. The van der Waals surface area contributed by atoms with E-state index < -0.39 is 0 Å². The highest BCUT2D eigenvalue weighted by Gasteiger charge is 2.12. The molecule has 5 nitrogen and oxygen atoms in total. The summed E-state index contributed by atoms with van der Waals surface area (Å²) in [6, 6.07) is 11.0. The summed E-state index contributed by atoms with van der Waals surface area (Å²) in [5, 5.41) is 6.87. The summed E-state index contributed by atoms with van der Waals surface area (Å²) in [5.41, 5.74) is 1.87. The maximum atomic E-state index is 12.0. The van der Waals surface area contributed by atoms with Crippen molar-refractivity contribution in [2.45, 2.75) is 13.5 Å². The quantitative estimate of drug-likeness (QED) is 0.535. The Hall–Kier alpha value is -1.74. The Morgan fingerprint density at radius 2 is 1.85 bits per heavy atom. The van der Waals surface area contributed by atoms with Crippen molar-refractivity contribution in [2.75, 3.05) is 6.54 Å². The first kappa shape index (κ1) is 20.0. The lowest BCUT2D eigenvalue weighted by Gasteiger charge is -2.04. The number of halogens is 2. The first-order valence-corrected chi connectivity index (χ1v) is 10.8. The minimum absolute atomic E-state index is 0.0806. The molecule has 0 saturated heterocycles. The van der Waals surface area contributed by atoms with Gasteiger partial charge in [-0.15, -0.1) is 22.7 Å². The molecule has 3 aromatic rings. The van der Waals surface area contributed by atoms with Gasteiger partial charge in [-0.1, -0.05) is 23.7 Å². The number of carbonyl (C=O) groups is 2. The predicted molar refractivity (Wildman–Crippen MR) is 113 cm³/mol. The fraction of sp³-hybridized carbons (Fsp3) is 0.167. The van der Waals surface area contributed by atoms with E-state index in [9.17, 15) is 9.59 Å². The molecule has 0 aliphatic heterocycles. The number of thiazole rings is 1. The molecule has 0 atom stereocenters. The van der Waals surface area contributed by atoms with E-state index in [-0.39, 0.29) is 18.4 Å². The number of hydrogen-bond donors (Lipinski definition) is 2. The number of amides is 2. The Balaban J connectivity index is 1.52. The first-order chi connectivity index (χ1) is 12.9. The molecule has 9 heteroatoms. The zero-order valence-corrected chi connectivity index (χ0v) is 18.2. The van der Waals surface area contributed by atoms with Gasteiger partial charge in [0, 0.05) is 15.5 Å². The zero-order valence-electron chi connectivity index (χ0n) is 14.2. The molecule has 2 aromatic heterocycles. The van der Waals surface area contributed by atoms with Crippen LogP contribution in [-0.4, -0.2) is 23.3 Å². The highest BCUT2D eigenvalue weighted by atomic mass is 79.9. The van der Waals surface area contributed by atoms with E-state index in [0.717, 1.165) is 24.9 Å². The van der Waals surface area contributed by atoms with Gasteiger partial charge in [0.2, 0.25) is 5.91 Å². The second-order valence-electron chi connectivity index (χ2n) is 5.58. The van der Waals surface area contributed by atoms with Gasteiger partial charge in [-0.25, -0.2) is 4.98 Å². The van der Waals surface area contributed by atoms with Crippen LogP contribution in [0, 0.1) is 6.92 Å². The second-order valence-corrected chi connectivity index (χ2v) is 9.77. The molecule has 0 saturated carbocycles. The number of nitrogens with one attached hydrogen (secondary N) is 2. The van der Waals surface area contributed by atoms with Gasteiger partial charge in [-0.2, -0.15) is 0 Å². The molecule has 0 bridgehead atoms. The maximum absolute atomic E-state index is 12.0. The number of thiophene rings is 1. The number of carbonyl (C=O) groups excluding carboxylic acids is 2. The molecule has 0 spiro atoms. The fourth-order valence-corrected chi connectivity index (χ4v) is 4.65. The van der Waals surface area contributed by atoms with Gasteiger partial charge in [-0.3, -0.25) is 9.59 Å². The number of hydrogen-bond acceptors (Lipinski definition) is 5. The summed E-state index contributed by atoms with van der Waals surface area (Å²) in [4.78, 5) is 30.1. The van der Waals surface area contributed by atoms with Gasteiger partial charge >= 0.3 is 0 Å². The number of benzene rings is 1. The van der Waals surface area contributed by atoms with Gasteiger partial charge < -0.3 is 10.6 Å². The number of aryl methyl sites for hydroxylation is 1. The fourth-order valence-electron chi connectivity index (χ4n) is 2.32. The Morgan fingerprint density at radius 3 is 2.52 bits per heavy atom. The average molecular weight is 485 g/mol. The van der Waals surface area contributed by atoms with Crippen molar-refractivity contribution in [1.29, 1.82) is 0 Å². The molecule has 0 aliphatic carbocycles. The molecule has 140 valence electrons. The lowest BCUT2D eigenvalue weighted by atomic mass is 10.1. The Bertz CT molecular complexity index is 969. The molecule has 0 aliphatic rings. The molecule has 27 heavy (non-hydrogen) atoms. The van der Waals surface area contributed by atoms with E-state index >= 15 is 0 Å². The van der Waals surface area contributed by atoms with E-state index in [1.165, 1.54) is 22.7 Å². The molecule has 0 radical (unpaired) electrons. The molecule has 2 heterocycles. The topological polar surface area (TPSA) is 71.1 Å². The summed E-state index contributed by atoms with van der Waals surface area (Å²) >= 11 is 12.1. The van der Waals surface area contributed by atoms with Crippen LogP contribution in [0.1, 0.15) is 19.6 Å². The van der Waals surface area contributed by atoms with E-state index in [4.69, 9.17) is 11.6 Å². The van der Waals surface area contributed by atoms with E-state index in [2.05, 4.69) is 31.5 Å². The summed E-state index contributed by atoms with van der Waals surface area (Å²) in [7, 11) is 0. The summed E-state index contributed by atoms with van der Waals surface area (Å²) in [5.74, 6) is -0.532. The largest absolute Gasteiger partial charge is 0.348 e. The van der Waals surface area contributed by atoms with Gasteiger partial charge in [0.1, 0.15) is 5.01 Å². The van der Waals surface area contributed by atoms with E-state index in [0.29, 0.717) is 16.4 Å². The molecular formula is C18H15BrClN3O2S2. The number of aromatic nitrogens is 1. The molecule has 2 amide bonds. The predicted octanol–water partition coefficient (Wildman–Crippen LogP) is 4.64. The van der Waals surface area contributed by atoms with Crippen molar-refractivity contribution in [3.05, 3.63) is 60.0 Å². The van der Waals surface area contributed by atoms with Crippen LogP contribution < -0.4 is 10.6 Å². The van der Waals surface area contributed by atoms with Crippen LogP contribution in [0.25, 0.3) is 11.3 Å². The summed E-state index contributed by atoms with van der Waals surface area (Å²) in [6.45, 7) is 2.23. The summed E-state index contributed by atoms with van der Waals surface area (Å²) in [6.07, 6.45) is 0. The maximum Gasteiger partial charge on any atom is 0.261 e. The van der Waals surface area contributed by atoms with Gasteiger partial charge in [0.25, 0.3) is 5.91 Å². The van der Waals surface area contributed by atoms with Crippen LogP contribution in [0.3, 0.4) is 0 Å². The Labute approximate surface area is 177 Å². The van der Waals surface area contributed by atoms with E-state index in [1.807, 2.05) is 31.2 Å². The minimum Gasteiger partial charge on any atom is -0.348 e. The van der Waals surface area contributed by atoms with Gasteiger partial charge in [0.15, 0.2) is 0 Å². The SMILES string of the molecule is Cc1sc(CNC(=O)CNC(=O)c2ccc(Br)s2)nc1-c1ccc(Cl)cc1. The second kappa shape index (κ2) is 8.97. The highest BCUT2D eigenvalue weighted by molar-refractivity contribution is 9.11. The third kappa shape index (κ3) is 5.38. The molecule has 0 unspecified atom stereocenters. The molecule has 3 rings (SSSR count). The number of nitrogens with zero attached hydrogens (tertiary/aromatic N) is 1. The lowest BCUT2D eigenvalue weighted by molar-refractivity contribution is -0.120. The Kier molecular flexibility index (Phi) is 6.64. The van der Waals surface area contributed by atoms with Crippen LogP contribution in [0.15, 0.2) is 40.2 Å². The number of rotatable bonds is 6. The van der Waals surface area contributed by atoms with Crippen molar-refractivity contribution >= 4 is 62.0 Å². The third-order valence-electron chi connectivity index (χ3n) is 3.60. The van der Waals surface area contributed by atoms with Crippen molar-refractivity contribution in [2.24, 2.45) is 0 Å². The smallest absolute Gasteiger partial charge is 0.261 e. The van der Waals surface area contributed by atoms with Crippen molar-refractivity contribution in [3.8, 4) is 11.3 Å². The molecule has 2 N–H and O–H groups in total. The zero-order chi connectivity index (χ0) is 19.4. The van der Waals surface area contributed by atoms with Crippen LogP contribution in [0.2, 0.25) is 5.02 Å². The van der Waals surface area contributed by atoms with Crippen molar-refractivity contribution in [3.63, 3.8) is 0 Å². The van der Waals surface area contributed by atoms with Crippen LogP contribution in [0.5, 0.6) is 0 Å². The van der Waals surface area contributed by atoms with Crippen molar-refractivity contribution < 1.29 is 9.59 Å². The third-order valence-corrected chi connectivity index (χ3v) is 6.45. The van der Waals surface area contributed by atoms with E-state index in [1.54, 1.807) is 12.1 Å². The van der Waals surface area contributed by atoms with Crippen molar-refractivity contribution in [1.82, 2.24) is 15.6 Å². The Morgan fingerprint density at radius 1 is 1.11 bits per heavy atom. The van der Waals surface area contributed by atoms with Gasteiger partial charge in [-0.05, 0) is 47.1 Å². The van der Waals surface area contributed by atoms with Crippen LogP contribution >= 0.6 is 50.2 Å². The first-order valence-electron chi connectivity index (χ1n) is 7.95. The standard InChI is InChI=1S/C18H15BrClN3O2S2/c1-10-17(11-2-4-12(20)5-3-11)23-16(26-10)9-21-15(24)8-22-18(25)13-6-7-14(19)27-13/h2-7H,8-9H2,1H3,(H,21,24)(H,22,25).